The molecule has 0 amide bonds. The van der Waals surface area contributed by atoms with Crippen molar-refractivity contribution in [1.82, 2.24) is 10.6 Å². The summed E-state index contributed by atoms with van der Waals surface area (Å²) in [5.74, 6) is 1.80. The smallest absolute Gasteiger partial charge is 0.132 e. The Morgan fingerprint density at radius 1 is 0.381 bits per heavy atom. The maximum Gasteiger partial charge on any atom is 0.132 e. The molecule has 1 heterocycles. The van der Waals surface area contributed by atoms with E-state index in [1.54, 1.807) is 0 Å². The first-order valence-electron chi connectivity index (χ1n) is 22.0. The standard InChI is InChI=1S/C60H44N2O/c1-3-15-40(16-4-1)38-61-59(62-39-41-17-5-2-6-18-41)45-33-31-43(32-34-45)42-27-29-44(30-28-42)46-35-36-51-54(37-46)60(52-23-11-13-25-55(52)63-56-26-14-12-24-53(56)60)58-50-22-10-8-20-48(50)47-19-7-9-21-49(47)57(51)58/h1-37,59,61-62H,38-39H2. The number of hydrogen-bond donors (Lipinski definition) is 2. The van der Waals surface area contributed by atoms with E-state index in [0.29, 0.717) is 0 Å². The number of fused-ring (bicyclic) bond motifs is 14. The lowest BCUT2D eigenvalue weighted by Gasteiger charge is -2.40. The van der Waals surface area contributed by atoms with Gasteiger partial charge in [0.1, 0.15) is 11.5 Å². The summed E-state index contributed by atoms with van der Waals surface area (Å²) >= 11 is 0. The molecular weight excluding hydrogens is 765 g/mol. The highest BCUT2D eigenvalue weighted by Crippen LogP contribution is 2.65. The van der Waals surface area contributed by atoms with Gasteiger partial charge < -0.3 is 4.74 Å². The Morgan fingerprint density at radius 3 is 1.41 bits per heavy atom. The summed E-state index contributed by atoms with van der Waals surface area (Å²) in [6.07, 6.45) is -0.0123. The van der Waals surface area contributed by atoms with E-state index in [4.69, 9.17) is 4.74 Å². The van der Waals surface area contributed by atoms with E-state index >= 15 is 0 Å². The number of hydrogen-bond acceptors (Lipinski definition) is 3. The Hall–Kier alpha value is -7.56. The number of benzene rings is 10. The molecule has 0 saturated carbocycles. The van der Waals surface area contributed by atoms with Crippen molar-refractivity contribution in [2.75, 3.05) is 0 Å². The van der Waals surface area contributed by atoms with Crippen LogP contribution in [0.4, 0.5) is 0 Å². The molecule has 10 aromatic rings. The minimum atomic E-state index is -0.596. The van der Waals surface area contributed by atoms with E-state index in [2.05, 4.69) is 235 Å². The summed E-state index contributed by atoms with van der Waals surface area (Å²) in [5.41, 5.74) is 15.4. The van der Waals surface area contributed by atoms with Crippen LogP contribution in [0.2, 0.25) is 0 Å². The molecule has 63 heavy (non-hydrogen) atoms. The fourth-order valence-corrected chi connectivity index (χ4v) is 10.4. The van der Waals surface area contributed by atoms with Crippen LogP contribution in [0.15, 0.2) is 224 Å². The highest BCUT2D eigenvalue weighted by atomic mass is 16.5. The van der Waals surface area contributed by atoms with Crippen molar-refractivity contribution in [2.45, 2.75) is 24.7 Å². The lowest BCUT2D eigenvalue weighted by atomic mass is 9.64. The zero-order valence-electron chi connectivity index (χ0n) is 34.8. The maximum atomic E-state index is 6.74. The van der Waals surface area contributed by atoms with E-state index in [0.717, 1.165) is 24.6 Å². The van der Waals surface area contributed by atoms with Crippen molar-refractivity contribution >= 4 is 21.5 Å². The number of nitrogens with one attached hydrogen (secondary N) is 2. The molecule has 1 aliphatic heterocycles. The lowest BCUT2D eigenvalue weighted by Crippen LogP contribution is -2.33. The fourth-order valence-electron chi connectivity index (χ4n) is 10.4. The Morgan fingerprint density at radius 2 is 0.825 bits per heavy atom. The molecule has 0 saturated heterocycles. The summed E-state index contributed by atoms with van der Waals surface area (Å²) < 4.78 is 6.74. The summed E-state index contributed by atoms with van der Waals surface area (Å²) in [4.78, 5) is 0. The highest BCUT2D eigenvalue weighted by Gasteiger charge is 2.52. The minimum absolute atomic E-state index is 0.0123. The van der Waals surface area contributed by atoms with Gasteiger partial charge in [-0.3, -0.25) is 10.6 Å². The van der Waals surface area contributed by atoms with Gasteiger partial charge in [-0.25, -0.2) is 0 Å². The molecular formula is C60H44N2O. The predicted molar refractivity (Wildman–Crippen MR) is 259 cm³/mol. The van der Waals surface area contributed by atoms with Crippen LogP contribution in [0.5, 0.6) is 11.5 Å². The normalized spacial score (nSPS) is 13.1. The van der Waals surface area contributed by atoms with Crippen LogP contribution >= 0.6 is 0 Å². The lowest BCUT2D eigenvalue weighted by molar-refractivity contribution is 0.436. The van der Waals surface area contributed by atoms with Gasteiger partial charge in [0.25, 0.3) is 0 Å². The van der Waals surface area contributed by atoms with E-state index < -0.39 is 5.41 Å². The first-order valence-corrected chi connectivity index (χ1v) is 22.0. The molecule has 3 heteroatoms. The zero-order valence-corrected chi connectivity index (χ0v) is 34.8. The van der Waals surface area contributed by atoms with Crippen LogP contribution in [0, 0.1) is 0 Å². The molecule has 1 spiro atoms. The molecule has 0 fully saturated rings. The van der Waals surface area contributed by atoms with Crippen molar-refractivity contribution in [2.24, 2.45) is 0 Å². The molecule has 0 bridgehead atoms. The summed E-state index contributed by atoms with van der Waals surface area (Å²) in [7, 11) is 0. The first kappa shape index (κ1) is 37.2. The van der Waals surface area contributed by atoms with Gasteiger partial charge in [-0.1, -0.05) is 206 Å². The highest BCUT2D eigenvalue weighted by molar-refractivity contribution is 6.19. The molecule has 2 aliphatic rings. The molecule has 300 valence electrons. The van der Waals surface area contributed by atoms with Gasteiger partial charge in [0, 0.05) is 24.2 Å². The van der Waals surface area contributed by atoms with Crippen molar-refractivity contribution in [3.05, 3.63) is 263 Å². The second-order valence-electron chi connectivity index (χ2n) is 16.8. The summed E-state index contributed by atoms with van der Waals surface area (Å²) in [6.45, 7) is 1.54. The van der Waals surface area contributed by atoms with Gasteiger partial charge in [0.15, 0.2) is 0 Å². The first-order chi connectivity index (χ1) is 31.2. The molecule has 12 rings (SSSR count). The number of ether oxygens (including phenoxy) is 1. The summed E-state index contributed by atoms with van der Waals surface area (Å²) in [5, 5.41) is 12.6. The minimum Gasteiger partial charge on any atom is -0.457 e. The molecule has 3 nitrogen and oxygen atoms in total. The van der Waals surface area contributed by atoms with Gasteiger partial charge >= 0.3 is 0 Å². The van der Waals surface area contributed by atoms with E-state index in [-0.39, 0.29) is 6.17 Å². The largest absolute Gasteiger partial charge is 0.457 e. The molecule has 10 aromatic carbocycles. The van der Waals surface area contributed by atoms with E-state index in [9.17, 15) is 0 Å². The Kier molecular flexibility index (Phi) is 9.11. The molecule has 0 radical (unpaired) electrons. The summed E-state index contributed by atoms with van der Waals surface area (Å²) in [6, 6.07) is 81.6. The van der Waals surface area contributed by atoms with E-state index in [1.165, 1.54) is 93.9 Å². The van der Waals surface area contributed by atoms with Crippen LogP contribution < -0.4 is 15.4 Å². The topological polar surface area (TPSA) is 33.3 Å². The van der Waals surface area contributed by atoms with Gasteiger partial charge in [0.05, 0.1) is 11.6 Å². The van der Waals surface area contributed by atoms with Crippen LogP contribution in [0.1, 0.15) is 45.1 Å². The van der Waals surface area contributed by atoms with Gasteiger partial charge in [-0.15, -0.1) is 0 Å². The molecule has 0 aromatic heterocycles. The number of para-hydroxylation sites is 2. The second-order valence-corrected chi connectivity index (χ2v) is 16.8. The third-order valence-corrected chi connectivity index (χ3v) is 13.3. The zero-order chi connectivity index (χ0) is 41.7. The van der Waals surface area contributed by atoms with Gasteiger partial charge in [0.2, 0.25) is 0 Å². The Labute approximate surface area is 368 Å². The quantitative estimate of drug-likeness (QED) is 0.113. The molecule has 1 aliphatic carbocycles. The monoisotopic (exact) mass is 808 g/mol. The van der Waals surface area contributed by atoms with Crippen molar-refractivity contribution in [3.63, 3.8) is 0 Å². The number of rotatable bonds is 9. The Bertz CT molecular complexity index is 3210. The average molecular weight is 809 g/mol. The Balaban J connectivity index is 0.933. The molecule has 2 N–H and O–H groups in total. The molecule has 0 unspecified atom stereocenters. The van der Waals surface area contributed by atoms with Crippen LogP contribution in [-0.2, 0) is 18.5 Å². The van der Waals surface area contributed by atoms with Crippen molar-refractivity contribution in [3.8, 4) is 44.9 Å². The van der Waals surface area contributed by atoms with E-state index in [1.807, 2.05) is 0 Å². The van der Waals surface area contributed by atoms with Crippen molar-refractivity contribution in [1.29, 1.82) is 0 Å². The van der Waals surface area contributed by atoms with Crippen LogP contribution in [0.3, 0.4) is 0 Å². The van der Waals surface area contributed by atoms with Crippen LogP contribution in [-0.4, -0.2) is 0 Å². The fraction of sp³-hybridized carbons (Fsp3) is 0.0667. The maximum absolute atomic E-state index is 6.74. The third kappa shape index (κ3) is 6.20. The van der Waals surface area contributed by atoms with Crippen molar-refractivity contribution < 1.29 is 4.74 Å². The predicted octanol–water partition coefficient (Wildman–Crippen LogP) is 14.4. The van der Waals surface area contributed by atoms with Gasteiger partial charge in [-0.05, 0) is 101 Å². The molecule has 0 atom stereocenters. The second kappa shape index (κ2) is 15.4. The third-order valence-electron chi connectivity index (χ3n) is 13.3. The van der Waals surface area contributed by atoms with Crippen LogP contribution in [0.25, 0.3) is 54.9 Å². The van der Waals surface area contributed by atoms with Gasteiger partial charge in [-0.2, -0.15) is 0 Å². The SMILES string of the molecule is c1ccc(CNC(NCc2ccccc2)c2ccc(-c3ccc(-c4ccc5c(c4)C4(c6ccccc6Oc6ccccc64)c4c-5c5ccccc5c5ccccc45)cc3)cc2)cc1. The average Bonchev–Trinajstić information content (AvgIpc) is 3.66.